The SMILES string of the molecule is CCC(C)Cc1c(C)sc2nc(SC(C)C(=O)Nc3ccc(OC)c(OC)c3)[nH]c(=O)c12. The number of aryl methyl sites for hydroxylation is 1. The number of fused-ring (bicyclic) bond motifs is 1. The summed E-state index contributed by atoms with van der Waals surface area (Å²) in [6.07, 6.45) is 1.92. The van der Waals surface area contributed by atoms with Gasteiger partial charge in [0.15, 0.2) is 16.7 Å². The van der Waals surface area contributed by atoms with Gasteiger partial charge in [-0.2, -0.15) is 0 Å². The van der Waals surface area contributed by atoms with Gasteiger partial charge in [0, 0.05) is 16.6 Å². The third-order valence-corrected chi connectivity index (χ3v) is 7.42. The highest BCUT2D eigenvalue weighted by Crippen LogP contribution is 2.32. The lowest BCUT2D eigenvalue weighted by Crippen LogP contribution is -2.23. The monoisotopic (exact) mass is 475 g/mol. The van der Waals surface area contributed by atoms with Crippen molar-refractivity contribution in [3.8, 4) is 11.5 Å². The van der Waals surface area contributed by atoms with E-state index in [0.29, 0.717) is 33.6 Å². The quantitative estimate of drug-likeness (QED) is 0.333. The van der Waals surface area contributed by atoms with Gasteiger partial charge in [-0.05, 0) is 43.9 Å². The molecule has 9 heteroatoms. The molecule has 172 valence electrons. The number of hydrogen-bond donors (Lipinski definition) is 2. The third kappa shape index (κ3) is 5.27. The molecule has 1 amide bonds. The maximum absolute atomic E-state index is 12.8. The molecule has 2 N–H and O–H groups in total. The molecule has 0 aliphatic carbocycles. The first kappa shape index (κ1) is 24.1. The van der Waals surface area contributed by atoms with Crippen molar-refractivity contribution >= 4 is 44.9 Å². The molecule has 3 rings (SSSR count). The summed E-state index contributed by atoms with van der Waals surface area (Å²) in [7, 11) is 3.10. The average molecular weight is 476 g/mol. The molecule has 0 bridgehead atoms. The fraction of sp³-hybridized carbons (Fsp3) is 0.435. The van der Waals surface area contributed by atoms with Gasteiger partial charge in [-0.3, -0.25) is 9.59 Å². The summed E-state index contributed by atoms with van der Waals surface area (Å²) < 4.78 is 10.5. The molecule has 0 aliphatic rings. The number of nitrogens with zero attached hydrogens (tertiary/aromatic N) is 1. The van der Waals surface area contributed by atoms with E-state index in [9.17, 15) is 9.59 Å². The number of aromatic nitrogens is 2. The number of H-pyrrole nitrogens is 1. The summed E-state index contributed by atoms with van der Waals surface area (Å²) in [5.41, 5.74) is 1.54. The van der Waals surface area contributed by atoms with Crippen molar-refractivity contribution in [1.82, 2.24) is 9.97 Å². The van der Waals surface area contributed by atoms with E-state index in [1.165, 1.54) is 23.1 Å². The van der Waals surface area contributed by atoms with E-state index >= 15 is 0 Å². The lowest BCUT2D eigenvalue weighted by molar-refractivity contribution is -0.115. The van der Waals surface area contributed by atoms with Gasteiger partial charge in [0.1, 0.15) is 4.83 Å². The fourth-order valence-corrected chi connectivity index (χ4v) is 5.24. The highest BCUT2D eigenvalue weighted by Gasteiger charge is 2.20. The lowest BCUT2D eigenvalue weighted by Gasteiger charge is -2.13. The van der Waals surface area contributed by atoms with E-state index in [0.717, 1.165) is 28.1 Å². The first-order valence-electron chi connectivity index (χ1n) is 10.5. The van der Waals surface area contributed by atoms with Crippen LogP contribution >= 0.6 is 23.1 Å². The van der Waals surface area contributed by atoms with Gasteiger partial charge in [0.05, 0.1) is 24.9 Å². The number of thiophene rings is 1. The predicted molar refractivity (Wildman–Crippen MR) is 132 cm³/mol. The van der Waals surface area contributed by atoms with E-state index in [1.807, 2.05) is 6.92 Å². The minimum absolute atomic E-state index is 0.146. The molecular formula is C23H29N3O4S2. The van der Waals surface area contributed by atoms with Gasteiger partial charge in [-0.15, -0.1) is 11.3 Å². The number of nitrogens with one attached hydrogen (secondary N) is 2. The van der Waals surface area contributed by atoms with Crippen molar-refractivity contribution in [2.45, 2.75) is 50.9 Å². The zero-order chi connectivity index (χ0) is 23.4. The summed E-state index contributed by atoms with van der Waals surface area (Å²) in [6.45, 7) is 8.15. The number of hydrogen-bond acceptors (Lipinski definition) is 7. The topological polar surface area (TPSA) is 93.3 Å². The Kier molecular flexibility index (Phi) is 7.84. The lowest BCUT2D eigenvalue weighted by atomic mass is 9.98. The number of rotatable bonds is 9. The first-order valence-corrected chi connectivity index (χ1v) is 12.2. The third-order valence-electron chi connectivity index (χ3n) is 5.40. The smallest absolute Gasteiger partial charge is 0.260 e. The van der Waals surface area contributed by atoms with E-state index in [1.54, 1.807) is 39.3 Å². The number of carbonyl (C=O) groups excluding carboxylic acids is 1. The molecule has 2 heterocycles. The van der Waals surface area contributed by atoms with E-state index < -0.39 is 5.25 Å². The molecule has 0 radical (unpaired) electrons. The maximum Gasteiger partial charge on any atom is 0.260 e. The average Bonchev–Trinajstić information content (AvgIpc) is 3.08. The predicted octanol–water partition coefficient (Wildman–Crippen LogP) is 5.02. The van der Waals surface area contributed by atoms with E-state index in [-0.39, 0.29) is 11.5 Å². The van der Waals surface area contributed by atoms with Crippen molar-refractivity contribution in [2.75, 3.05) is 19.5 Å². The number of benzene rings is 1. The summed E-state index contributed by atoms with van der Waals surface area (Å²) in [4.78, 5) is 34.9. The van der Waals surface area contributed by atoms with Crippen LogP contribution in [0.4, 0.5) is 5.69 Å². The van der Waals surface area contributed by atoms with Crippen LogP contribution in [-0.4, -0.2) is 35.3 Å². The van der Waals surface area contributed by atoms with Crippen LogP contribution in [-0.2, 0) is 11.2 Å². The molecule has 0 saturated heterocycles. The summed E-state index contributed by atoms with van der Waals surface area (Å²) in [5, 5.41) is 3.52. The van der Waals surface area contributed by atoms with Crippen molar-refractivity contribution in [3.05, 3.63) is 39.0 Å². The molecule has 0 saturated carbocycles. The second kappa shape index (κ2) is 10.4. The van der Waals surface area contributed by atoms with Gasteiger partial charge in [-0.1, -0.05) is 32.0 Å². The van der Waals surface area contributed by atoms with Gasteiger partial charge in [0.25, 0.3) is 5.56 Å². The second-order valence-electron chi connectivity index (χ2n) is 7.72. The molecule has 0 fully saturated rings. The molecule has 2 aromatic heterocycles. The highest BCUT2D eigenvalue weighted by molar-refractivity contribution is 8.00. The Labute approximate surface area is 195 Å². The van der Waals surface area contributed by atoms with E-state index in [2.05, 4.69) is 29.1 Å². The van der Waals surface area contributed by atoms with Gasteiger partial charge < -0.3 is 19.8 Å². The molecule has 7 nitrogen and oxygen atoms in total. The number of carbonyl (C=O) groups is 1. The van der Waals surface area contributed by atoms with Gasteiger partial charge in [-0.25, -0.2) is 4.98 Å². The highest BCUT2D eigenvalue weighted by atomic mass is 32.2. The van der Waals surface area contributed by atoms with Gasteiger partial charge >= 0.3 is 0 Å². The van der Waals surface area contributed by atoms with Crippen molar-refractivity contribution in [3.63, 3.8) is 0 Å². The Morgan fingerprint density at radius 3 is 2.62 bits per heavy atom. The van der Waals surface area contributed by atoms with Crippen LogP contribution in [0.25, 0.3) is 10.2 Å². The van der Waals surface area contributed by atoms with Crippen LogP contribution in [0.3, 0.4) is 0 Å². The number of aromatic amines is 1. The van der Waals surface area contributed by atoms with Crippen molar-refractivity contribution < 1.29 is 14.3 Å². The number of ether oxygens (including phenoxy) is 2. The summed E-state index contributed by atoms with van der Waals surface area (Å²) in [5.74, 6) is 1.41. The Bertz CT molecular complexity index is 1170. The van der Waals surface area contributed by atoms with Crippen molar-refractivity contribution in [1.29, 1.82) is 0 Å². The Morgan fingerprint density at radius 2 is 1.97 bits per heavy atom. The Balaban J connectivity index is 1.77. The van der Waals surface area contributed by atoms with Crippen LogP contribution < -0.4 is 20.3 Å². The van der Waals surface area contributed by atoms with Crippen LogP contribution in [0.15, 0.2) is 28.2 Å². The Hall–Kier alpha value is -2.52. The fourth-order valence-electron chi connectivity index (χ4n) is 3.33. The molecule has 0 spiro atoms. The normalized spacial score (nSPS) is 13.1. The zero-order valence-electron chi connectivity index (χ0n) is 19.2. The summed E-state index contributed by atoms with van der Waals surface area (Å²) >= 11 is 2.76. The minimum atomic E-state index is -0.468. The molecule has 2 unspecified atom stereocenters. The molecule has 32 heavy (non-hydrogen) atoms. The van der Waals surface area contributed by atoms with Crippen LogP contribution in [0.1, 0.15) is 37.6 Å². The molecule has 2 atom stereocenters. The molecule has 3 aromatic rings. The number of amides is 1. The van der Waals surface area contributed by atoms with Crippen molar-refractivity contribution in [2.24, 2.45) is 5.92 Å². The van der Waals surface area contributed by atoms with E-state index in [4.69, 9.17) is 9.47 Å². The molecule has 0 aliphatic heterocycles. The van der Waals surface area contributed by atoms with Gasteiger partial charge in [0.2, 0.25) is 5.91 Å². The standard InChI is InChI=1S/C23H29N3O4S2/c1-7-12(2)10-16-13(3)31-22-19(16)21(28)25-23(26-22)32-14(4)20(27)24-15-8-9-17(29-5)18(11-15)30-6/h8-9,11-12,14H,7,10H2,1-6H3,(H,24,27)(H,25,26,28). The second-order valence-corrected chi connectivity index (χ2v) is 10.3. The summed E-state index contributed by atoms with van der Waals surface area (Å²) in [6, 6.07) is 5.18. The number of thioether (sulfide) groups is 1. The van der Waals surface area contributed by atoms with Crippen LogP contribution in [0, 0.1) is 12.8 Å². The van der Waals surface area contributed by atoms with Crippen LogP contribution in [0.5, 0.6) is 11.5 Å². The largest absolute Gasteiger partial charge is 0.493 e. The number of methoxy groups -OCH3 is 2. The number of anilines is 1. The molecule has 1 aromatic carbocycles. The molecular weight excluding hydrogens is 446 g/mol. The zero-order valence-corrected chi connectivity index (χ0v) is 20.8. The first-order chi connectivity index (χ1) is 15.3. The minimum Gasteiger partial charge on any atom is -0.493 e. The Morgan fingerprint density at radius 1 is 1.25 bits per heavy atom. The van der Waals surface area contributed by atoms with Crippen LogP contribution in [0.2, 0.25) is 0 Å². The maximum atomic E-state index is 12.8.